The molecule has 0 radical (unpaired) electrons. The van der Waals surface area contributed by atoms with Gasteiger partial charge in [-0.1, -0.05) is 18.2 Å². The van der Waals surface area contributed by atoms with Crippen LogP contribution in [0.5, 0.6) is 11.5 Å². The molecule has 1 heterocycles. The smallest absolute Gasteiger partial charge is 0.161 e. The Morgan fingerprint density at radius 3 is 2.61 bits per heavy atom. The molecule has 0 fully saturated rings. The number of para-hydroxylation sites is 1. The minimum atomic E-state index is 0.565. The van der Waals surface area contributed by atoms with Crippen LogP contribution in [0, 0.1) is 11.3 Å². The van der Waals surface area contributed by atoms with E-state index in [0.29, 0.717) is 17.1 Å². The van der Waals surface area contributed by atoms with Gasteiger partial charge in [0, 0.05) is 22.7 Å². The van der Waals surface area contributed by atoms with Gasteiger partial charge in [0.1, 0.15) is 0 Å². The van der Waals surface area contributed by atoms with Crippen LogP contribution in [0.2, 0.25) is 0 Å². The van der Waals surface area contributed by atoms with Gasteiger partial charge >= 0.3 is 0 Å². The third-order valence-corrected chi connectivity index (χ3v) is 3.74. The van der Waals surface area contributed by atoms with Crippen LogP contribution in [-0.2, 0) is 0 Å². The van der Waals surface area contributed by atoms with Crippen molar-refractivity contribution in [2.75, 3.05) is 14.2 Å². The quantitative estimate of drug-likeness (QED) is 0.733. The van der Waals surface area contributed by atoms with Gasteiger partial charge < -0.3 is 14.5 Å². The van der Waals surface area contributed by atoms with Crippen LogP contribution >= 0.6 is 0 Å². The van der Waals surface area contributed by atoms with Crippen molar-refractivity contribution >= 4 is 22.6 Å². The van der Waals surface area contributed by atoms with Gasteiger partial charge in [0.25, 0.3) is 0 Å². The van der Waals surface area contributed by atoms with E-state index in [1.165, 1.54) is 0 Å². The number of nitrogens with one attached hydrogen (secondary N) is 1. The van der Waals surface area contributed by atoms with Gasteiger partial charge in [0.05, 0.1) is 25.9 Å². The average molecular weight is 304 g/mol. The normalized spacial score (nSPS) is 11.3. The third-order valence-electron chi connectivity index (χ3n) is 3.74. The lowest BCUT2D eigenvalue weighted by atomic mass is 10.0. The first-order chi connectivity index (χ1) is 11.3. The largest absolute Gasteiger partial charge is 0.493 e. The predicted molar refractivity (Wildman–Crippen MR) is 91.3 cm³/mol. The van der Waals surface area contributed by atoms with Crippen molar-refractivity contribution in [2.24, 2.45) is 0 Å². The second kappa shape index (κ2) is 6.29. The second-order valence-electron chi connectivity index (χ2n) is 5.03. The fourth-order valence-corrected chi connectivity index (χ4v) is 2.55. The van der Waals surface area contributed by atoms with E-state index in [9.17, 15) is 5.26 Å². The monoisotopic (exact) mass is 304 g/mol. The van der Waals surface area contributed by atoms with Crippen LogP contribution in [0.1, 0.15) is 11.1 Å². The van der Waals surface area contributed by atoms with E-state index in [-0.39, 0.29) is 0 Å². The molecule has 4 nitrogen and oxygen atoms in total. The number of methoxy groups -OCH3 is 2. The van der Waals surface area contributed by atoms with Crippen molar-refractivity contribution in [1.82, 2.24) is 4.98 Å². The number of H-pyrrole nitrogens is 1. The summed E-state index contributed by atoms with van der Waals surface area (Å²) in [7, 11) is 3.17. The van der Waals surface area contributed by atoms with E-state index in [0.717, 1.165) is 22.0 Å². The van der Waals surface area contributed by atoms with Crippen molar-refractivity contribution < 1.29 is 9.47 Å². The molecule has 1 N–H and O–H groups in total. The van der Waals surface area contributed by atoms with Crippen LogP contribution < -0.4 is 9.47 Å². The molecule has 0 aliphatic carbocycles. The molecule has 0 aliphatic rings. The molecule has 0 spiro atoms. The van der Waals surface area contributed by atoms with Gasteiger partial charge in [-0.15, -0.1) is 0 Å². The van der Waals surface area contributed by atoms with Gasteiger partial charge in [-0.3, -0.25) is 0 Å². The number of fused-ring (bicyclic) bond motifs is 1. The molecule has 0 saturated heterocycles. The van der Waals surface area contributed by atoms with Gasteiger partial charge in [0.2, 0.25) is 0 Å². The Hall–Kier alpha value is -3.19. The Bertz CT molecular complexity index is 917. The van der Waals surface area contributed by atoms with Crippen molar-refractivity contribution in [3.05, 3.63) is 59.8 Å². The topological polar surface area (TPSA) is 58.0 Å². The molecule has 0 bridgehead atoms. The van der Waals surface area contributed by atoms with E-state index >= 15 is 0 Å². The summed E-state index contributed by atoms with van der Waals surface area (Å²) in [6, 6.07) is 15.7. The standard InChI is InChI=1S/C19H16N2O2/c1-22-18-8-7-13(10-19(18)23-2)14(11-20)9-15-12-21-17-6-4-3-5-16(15)17/h3-10,12,21H,1-2H3. The Kier molecular flexibility index (Phi) is 4.03. The number of aromatic amines is 1. The molecule has 1 aromatic heterocycles. The van der Waals surface area contributed by atoms with E-state index in [4.69, 9.17) is 9.47 Å². The molecule has 2 aromatic carbocycles. The van der Waals surface area contributed by atoms with Crippen LogP contribution in [0.15, 0.2) is 48.7 Å². The summed E-state index contributed by atoms with van der Waals surface area (Å²) in [5, 5.41) is 10.6. The number of hydrogen-bond donors (Lipinski definition) is 1. The zero-order valence-electron chi connectivity index (χ0n) is 13.0. The summed E-state index contributed by atoms with van der Waals surface area (Å²) in [5.41, 5.74) is 3.38. The van der Waals surface area contributed by atoms with Crippen LogP contribution in [-0.4, -0.2) is 19.2 Å². The van der Waals surface area contributed by atoms with E-state index in [1.807, 2.05) is 48.7 Å². The third kappa shape index (κ3) is 2.77. The Labute approximate surface area is 134 Å². The molecule has 3 rings (SSSR count). The number of benzene rings is 2. The predicted octanol–water partition coefficient (Wildman–Crippen LogP) is 4.25. The summed E-state index contributed by atoms with van der Waals surface area (Å²) < 4.78 is 10.5. The lowest BCUT2D eigenvalue weighted by molar-refractivity contribution is 0.355. The summed E-state index contributed by atoms with van der Waals surface area (Å²) >= 11 is 0. The highest BCUT2D eigenvalue weighted by Gasteiger charge is 2.09. The molecule has 0 aliphatic heterocycles. The molecule has 23 heavy (non-hydrogen) atoms. The molecular weight excluding hydrogens is 288 g/mol. The highest BCUT2D eigenvalue weighted by atomic mass is 16.5. The first kappa shape index (κ1) is 14.7. The molecule has 0 saturated carbocycles. The molecule has 4 heteroatoms. The van der Waals surface area contributed by atoms with Gasteiger partial charge in [0.15, 0.2) is 11.5 Å². The van der Waals surface area contributed by atoms with Gasteiger partial charge in [-0.25, -0.2) is 0 Å². The summed E-state index contributed by atoms with van der Waals surface area (Å²) in [4.78, 5) is 3.21. The SMILES string of the molecule is COc1ccc(C(C#N)=Cc2c[nH]c3ccccc23)cc1OC. The van der Waals surface area contributed by atoms with Crippen molar-refractivity contribution in [2.45, 2.75) is 0 Å². The van der Waals surface area contributed by atoms with Gasteiger partial charge in [-0.05, 0) is 35.9 Å². The number of nitriles is 1. The summed E-state index contributed by atoms with van der Waals surface area (Å²) in [6.45, 7) is 0. The number of nitrogens with zero attached hydrogens (tertiary/aromatic N) is 1. The number of ether oxygens (including phenoxy) is 2. The van der Waals surface area contributed by atoms with E-state index < -0.39 is 0 Å². The number of rotatable bonds is 4. The molecule has 114 valence electrons. The van der Waals surface area contributed by atoms with Gasteiger partial charge in [-0.2, -0.15) is 5.26 Å². The van der Waals surface area contributed by atoms with Crippen molar-refractivity contribution in [1.29, 1.82) is 5.26 Å². The maximum atomic E-state index is 9.54. The minimum Gasteiger partial charge on any atom is -0.493 e. The number of hydrogen-bond acceptors (Lipinski definition) is 3. The summed E-state index contributed by atoms with van der Waals surface area (Å²) in [6.07, 6.45) is 3.78. The molecule has 3 aromatic rings. The Morgan fingerprint density at radius 1 is 1.09 bits per heavy atom. The first-order valence-corrected chi connectivity index (χ1v) is 7.17. The van der Waals surface area contributed by atoms with Crippen LogP contribution in [0.3, 0.4) is 0 Å². The number of allylic oxidation sites excluding steroid dienone is 1. The zero-order valence-corrected chi connectivity index (χ0v) is 13.0. The van der Waals surface area contributed by atoms with Crippen molar-refractivity contribution in [3.8, 4) is 17.6 Å². The second-order valence-corrected chi connectivity index (χ2v) is 5.03. The van der Waals surface area contributed by atoms with Crippen LogP contribution in [0.4, 0.5) is 0 Å². The lowest BCUT2D eigenvalue weighted by Gasteiger charge is -2.09. The summed E-state index contributed by atoms with van der Waals surface area (Å²) in [5.74, 6) is 1.24. The Balaban J connectivity index is 2.08. The minimum absolute atomic E-state index is 0.565. The van der Waals surface area contributed by atoms with Crippen LogP contribution in [0.25, 0.3) is 22.6 Å². The highest BCUT2D eigenvalue weighted by Crippen LogP contribution is 2.31. The average Bonchev–Trinajstić information content (AvgIpc) is 3.02. The van der Waals surface area contributed by atoms with Crippen molar-refractivity contribution in [3.63, 3.8) is 0 Å². The molecule has 0 amide bonds. The number of aromatic nitrogens is 1. The maximum Gasteiger partial charge on any atom is 0.161 e. The Morgan fingerprint density at radius 2 is 1.87 bits per heavy atom. The molecule has 0 unspecified atom stereocenters. The fraction of sp³-hybridized carbons (Fsp3) is 0.105. The van der Waals surface area contributed by atoms with E-state index in [1.54, 1.807) is 20.3 Å². The maximum absolute atomic E-state index is 9.54. The molecule has 0 atom stereocenters. The molecular formula is C19H16N2O2. The lowest BCUT2D eigenvalue weighted by Crippen LogP contribution is -1.92. The fourth-order valence-electron chi connectivity index (χ4n) is 2.55. The zero-order chi connectivity index (χ0) is 16.2. The first-order valence-electron chi connectivity index (χ1n) is 7.17. The highest BCUT2D eigenvalue weighted by molar-refractivity contribution is 5.97. The van der Waals surface area contributed by atoms with E-state index in [2.05, 4.69) is 11.1 Å².